The third kappa shape index (κ3) is 5.58. The fourth-order valence-corrected chi connectivity index (χ4v) is 7.07. The van der Waals surface area contributed by atoms with Gasteiger partial charge in [-0.1, -0.05) is 81.0 Å². The maximum absolute atomic E-state index is 14.1. The molecule has 0 heterocycles. The largest absolute Gasteiger partial charge is 0.462 e. The molecule has 0 atom stereocenters. The minimum atomic E-state index is -3.61. The number of hydrogen-bond acceptors (Lipinski definition) is 3. The Morgan fingerprint density at radius 3 is 1.35 bits per heavy atom. The van der Waals surface area contributed by atoms with Crippen LogP contribution < -0.4 is 14.4 Å². The number of rotatable bonds is 7. The topological polar surface area (TPSA) is 35.5 Å². The Hall–Kier alpha value is -2.51. The van der Waals surface area contributed by atoms with Crippen molar-refractivity contribution in [3.63, 3.8) is 0 Å². The summed E-state index contributed by atoms with van der Waals surface area (Å²) >= 11 is 0. The first-order valence-corrected chi connectivity index (χ1v) is 14.5. The zero-order valence-electron chi connectivity index (χ0n) is 19.9. The smallest absolute Gasteiger partial charge is 0.413 e. The molecule has 0 radical (unpaired) electrons. The summed E-state index contributed by atoms with van der Waals surface area (Å²) in [4.78, 5) is 0. The van der Waals surface area contributed by atoms with Gasteiger partial charge in [-0.2, -0.15) is 0 Å². The molecule has 2 fully saturated rings. The highest BCUT2D eigenvalue weighted by atomic mass is 31.2. The third-order valence-electron chi connectivity index (χ3n) is 7.44. The zero-order chi connectivity index (χ0) is 23.2. The lowest BCUT2D eigenvalue weighted by atomic mass is 9.84. The molecule has 3 aromatic rings. The van der Waals surface area contributed by atoms with Gasteiger partial charge in [0.15, 0.2) is 0 Å². The van der Waals surface area contributed by atoms with E-state index in [4.69, 9.17) is 9.05 Å². The van der Waals surface area contributed by atoms with E-state index in [1.165, 1.54) is 75.3 Å². The molecule has 0 bridgehead atoms. The molecule has 2 aliphatic rings. The van der Waals surface area contributed by atoms with Crippen LogP contribution in [0.3, 0.4) is 0 Å². The Labute approximate surface area is 204 Å². The summed E-state index contributed by atoms with van der Waals surface area (Å²) in [7, 11) is -3.61. The summed E-state index contributed by atoms with van der Waals surface area (Å²) in [5, 5.41) is 0.558. The van der Waals surface area contributed by atoms with Crippen molar-refractivity contribution >= 4 is 12.9 Å². The molecule has 5 rings (SSSR count). The van der Waals surface area contributed by atoms with Gasteiger partial charge in [-0.25, -0.2) is 4.57 Å². The van der Waals surface area contributed by atoms with Crippen LogP contribution in [0.15, 0.2) is 78.9 Å². The quantitative estimate of drug-likeness (QED) is 0.321. The van der Waals surface area contributed by atoms with Gasteiger partial charge in [-0.15, -0.1) is 0 Å². The molecule has 0 aliphatic heterocycles. The van der Waals surface area contributed by atoms with Gasteiger partial charge >= 0.3 is 7.60 Å². The van der Waals surface area contributed by atoms with Crippen LogP contribution in [0.2, 0.25) is 0 Å². The zero-order valence-corrected chi connectivity index (χ0v) is 20.8. The van der Waals surface area contributed by atoms with E-state index in [0.717, 1.165) is 0 Å². The van der Waals surface area contributed by atoms with E-state index < -0.39 is 7.60 Å². The minimum Gasteiger partial charge on any atom is -0.413 e. The van der Waals surface area contributed by atoms with E-state index in [-0.39, 0.29) is 0 Å². The van der Waals surface area contributed by atoms with Gasteiger partial charge in [0, 0.05) is 0 Å². The Balaban J connectivity index is 1.35. The summed E-state index contributed by atoms with van der Waals surface area (Å²) in [6.07, 6.45) is 12.9. The van der Waals surface area contributed by atoms with Crippen molar-refractivity contribution in [2.75, 3.05) is 0 Å². The van der Waals surface area contributed by atoms with Crippen molar-refractivity contribution in [2.45, 2.75) is 76.0 Å². The maximum Gasteiger partial charge on any atom is 0.462 e. The molecular formula is C30H35O3P. The molecule has 178 valence electrons. The van der Waals surface area contributed by atoms with Crippen LogP contribution in [0, 0.1) is 0 Å². The summed E-state index contributed by atoms with van der Waals surface area (Å²) in [6.45, 7) is 0. The lowest BCUT2D eigenvalue weighted by molar-refractivity contribution is 0.398. The molecule has 0 saturated heterocycles. The van der Waals surface area contributed by atoms with Gasteiger partial charge in [-0.05, 0) is 85.0 Å². The lowest BCUT2D eigenvalue weighted by Gasteiger charge is -2.24. The molecule has 2 saturated carbocycles. The highest BCUT2D eigenvalue weighted by Crippen LogP contribution is 2.48. The second kappa shape index (κ2) is 10.8. The third-order valence-corrected chi connectivity index (χ3v) is 9.27. The number of hydrogen-bond donors (Lipinski definition) is 0. The summed E-state index contributed by atoms with van der Waals surface area (Å²) in [5.41, 5.74) is 2.70. The molecule has 0 spiro atoms. The van der Waals surface area contributed by atoms with Crippen molar-refractivity contribution in [1.29, 1.82) is 0 Å². The van der Waals surface area contributed by atoms with E-state index in [1.54, 1.807) is 0 Å². The monoisotopic (exact) mass is 474 g/mol. The van der Waals surface area contributed by atoms with Gasteiger partial charge < -0.3 is 9.05 Å². The van der Waals surface area contributed by atoms with Gasteiger partial charge in [0.25, 0.3) is 0 Å². The fourth-order valence-electron chi connectivity index (χ4n) is 5.49. The van der Waals surface area contributed by atoms with E-state index in [2.05, 4.69) is 24.3 Å². The van der Waals surface area contributed by atoms with E-state index >= 15 is 0 Å². The van der Waals surface area contributed by atoms with E-state index in [1.807, 2.05) is 54.6 Å². The average molecular weight is 475 g/mol. The molecule has 0 unspecified atom stereocenters. The predicted molar refractivity (Wildman–Crippen MR) is 139 cm³/mol. The molecule has 4 heteroatoms. The molecule has 34 heavy (non-hydrogen) atoms. The standard InChI is InChI=1S/C30H35O3P/c31-34(30-14-8-3-9-15-30,32-28-20-16-26(17-21-28)24-10-4-1-5-11-24)33-29-22-18-27(19-23-29)25-12-6-2-7-13-25/h3,8-9,14-25H,1-2,4-7,10-13H2. The molecule has 0 aromatic heterocycles. The van der Waals surface area contributed by atoms with Crippen LogP contribution in [-0.2, 0) is 4.57 Å². The maximum atomic E-state index is 14.1. The highest BCUT2D eigenvalue weighted by molar-refractivity contribution is 7.63. The predicted octanol–water partition coefficient (Wildman–Crippen LogP) is 8.76. The van der Waals surface area contributed by atoms with Gasteiger partial charge in [0.1, 0.15) is 11.5 Å². The van der Waals surface area contributed by atoms with Crippen molar-refractivity contribution in [2.24, 2.45) is 0 Å². The molecule has 3 aromatic carbocycles. The fraction of sp³-hybridized carbons (Fsp3) is 0.400. The summed E-state index contributed by atoms with van der Waals surface area (Å²) < 4.78 is 26.3. The lowest BCUT2D eigenvalue weighted by Crippen LogP contribution is -2.14. The van der Waals surface area contributed by atoms with E-state index in [9.17, 15) is 4.57 Å². The molecule has 3 nitrogen and oxygen atoms in total. The van der Waals surface area contributed by atoms with Crippen molar-refractivity contribution in [3.8, 4) is 11.5 Å². The first kappa shape index (κ1) is 23.2. The Bertz CT molecular complexity index is 1010. The first-order valence-electron chi connectivity index (χ1n) is 12.9. The van der Waals surface area contributed by atoms with Crippen LogP contribution >= 0.6 is 7.60 Å². The normalized spacial score (nSPS) is 17.9. The van der Waals surface area contributed by atoms with Crippen molar-refractivity contribution in [3.05, 3.63) is 90.0 Å². The van der Waals surface area contributed by atoms with Crippen LogP contribution in [-0.4, -0.2) is 0 Å². The number of benzene rings is 3. The molecule has 0 N–H and O–H groups in total. The van der Waals surface area contributed by atoms with Crippen LogP contribution in [0.1, 0.15) is 87.2 Å². The Morgan fingerprint density at radius 1 is 0.529 bits per heavy atom. The summed E-state index contributed by atoms with van der Waals surface area (Å²) in [6, 6.07) is 25.5. The first-order chi connectivity index (χ1) is 16.7. The van der Waals surface area contributed by atoms with Gasteiger partial charge in [-0.3, -0.25) is 0 Å². The second-order valence-corrected chi connectivity index (χ2v) is 11.7. The Morgan fingerprint density at radius 2 is 0.941 bits per heavy atom. The second-order valence-electron chi connectivity index (χ2n) is 9.82. The van der Waals surface area contributed by atoms with E-state index in [0.29, 0.717) is 28.6 Å². The van der Waals surface area contributed by atoms with Crippen LogP contribution in [0.25, 0.3) is 0 Å². The van der Waals surface area contributed by atoms with Crippen molar-refractivity contribution in [1.82, 2.24) is 0 Å². The van der Waals surface area contributed by atoms with Crippen LogP contribution in [0.5, 0.6) is 11.5 Å². The minimum absolute atomic E-state index is 0.558. The molecule has 2 aliphatic carbocycles. The average Bonchev–Trinajstić information content (AvgIpc) is 2.91. The van der Waals surface area contributed by atoms with Crippen molar-refractivity contribution < 1.29 is 13.6 Å². The SMILES string of the molecule is O=P(Oc1ccc(C2CCCCC2)cc1)(Oc1ccc(C2CCCCC2)cc1)c1ccccc1. The Kier molecular flexibility index (Phi) is 7.40. The molecule has 0 amide bonds. The van der Waals surface area contributed by atoms with Gasteiger partial charge in [0.05, 0.1) is 5.30 Å². The van der Waals surface area contributed by atoms with Gasteiger partial charge in [0.2, 0.25) is 0 Å². The highest BCUT2D eigenvalue weighted by Gasteiger charge is 2.31. The van der Waals surface area contributed by atoms with Crippen LogP contribution in [0.4, 0.5) is 0 Å². The summed E-state index contributed by atoms with van der Waals surface area (Å²) in [5.74, 6) is 2.40. The molecular weight excluding hydrogens is 439 g/mol.